The molecule has 2 saturated heterocycles. The van der Waals surface area contributed by atoms with Gasteiger partial charge in [-0.1, -0.05) is 61.6 Å². The minimum atomic E-state index is -0.433. The zero-order valence-electron chi connectivity index (χ0n) is 23.4. The van der Waals surface area contributed by atoms with Gasteiger partial charge in [0, 0.05) is 87.4 Å². The summed E-state index contributed by atoms with van der Waals surface area (Å²) >= 11 is 2.02. The normalized spacial score (nSPS) is 22.8. The van der Waals surface area contributed by atoms with Gasteiger partial charge in [0.1, 0.15) is 5.82 Å². The second-order valence-corrected chi connectivity index (χ2v) is 12.2. The predicted molar refractivity (Wildman–Crippen MR) is 169 cm³/mol. The second kappa shape index (κ2) is 12.6. The lowest BCUT2D eigenvalue weighted by atomic mass is 9.98. The molecular weight excluding hydrogens is 516 g/mol. The molecule has 3 aliphatic heterocycles. The van der Waals surface area contributed by atoms with Crippen molar-refractivity contribution in [2.75, 3.05) is 85.1 Å². The number of hydrogen-bond acceptors (Lipinski definition) is 8. The van der Waals surface area contributed by atoms with Gasteiger partial charge in [-0.15, -0.1) is 0 Å². The Labute approximate surface area is 242 Å². The number of aliphatic hydroxyl groups excluding tert-OH is 1. The van der Waals surface area contributed by atoms with Gasteiger partial charge in [0.05, 0.1) is 11.6 Å². The molecule has 0 spiro atoms. The molecule has 3 aromatic rings. The predicted octanol–water partition coefficient (Wildman–Crippen LogP) is 4.40. The lowest BCUT2D eigenvalue weighted by molar-refractivity contribution is 0.113. The third kappa shape index (κ3) is 6.14. The number of benzene rings is 2. The maximum Gasteiger partial charge on any atom is 0.227 e. The average molecular weight is 557 g/mol. The molecule has 2 atom stereocenters. The molecule has 6 rings (SSSR count). The van der Waals surface area contributed by atoms with Crippen LogP contribution in [0, 0.1) is 0 Å². The molecule has 7 nitrogen and oxygen atoms in total. The van der Waals surface area contributed by atoms with Crippen LogP contribution in [0.5, 0.6) is 0 Å². The fourth-order valence-corrected chi connectivity index (χ4v) is 6.88. The molecule has 0 radical (unpaired) electrons. The molecule has 4 heterocycles. The van der Waals surface area contributed by atoms with Crippen molar-refractivity contribution < 1.29 is 5.11 Å². The van der Waals surface area contributed by atoms with E-state index in [0.717, 1.165) is 80.0 Å². The number of anilines is 3. The molecule has 1 N–H and O–H groups in total. The Balaban J connectivity index is 1.10. The van der Waals surface area contributed by atoms with Crippen LogP contribution >= 0.6 is 11.8 Å². The first-order valence-electron chi connectivity index (χ1n) is 14.6. The molecule has 2 aromatic carbocycles. The van der Waals surface area contributed by atoms with Crippen LogP contribution in [-0.2, 0) is 0 Å². The molecule has 40 heavy (non-hydrogen) atoms. The van der Waals surface area contributed by atoms with Crippen molar-refractivity contribution in [2.24, 2.45) is 0 Å². The summed E-state index contributed by atoms with van der Waals surface area (Å²) in [7, 11) is 0. The van der Waals surface area contributed by atoms with E-state index in [0.29, 0.717) is 19.0 Å². The molecule has 3 aliphatic rings. The van der Waals surface area contributed by atoms with Gasteiger partial charge in [-0.25, -0.2) is 4.98 Å². The summed E-state index contributed by atoms with van der Waals surface area (Å²) < 4.78 is 0. The van der Waals surface area contributed by atoms with E-state index >= 15 is 0 Å². The van der Waals surface area contributed by atoms with Crippen molar-refractivity contribution in [3.05, 3.63) is 78.4 Å². The molecule has 0 bridgehead atoms. The van der Waals surface area contributed by atoms with Crippen molar-refractivity contribution in [1.82, 2.24) is 14.9 Å². The number of piperazine rings is 1. The van der Waals surface area contributed by atoms with Crippen LogP contribution in [0.15, 0.2) is 72.8 Å². The van der Waals surface area contributed by atoms with Crippen LogP contribution in [0.2, 0.25) is 0 Å². The summed E-state index contributed by atoms with van der Waals surface area (Å²) in [6, 6.07) is 17.0. The molecular formula is C32H40N6OS. The lowest BCUT2D eigenvalue weighted by Gasteiger charge is -2.37. The Morgan fingerprint density at radius 3 is 2.50 bits per heavy atom. The van der Waals surface area contributed by atoms with E-state index in [2.05, 4.69) is 99.4 Å². The number of nitrogens with zero attached hydrogens (tertiary/aromatic N) is 6. The number of thioether (sulfide) groups is 1. The number of aliphatic hydroxyl groups is 1. The highest BCUT2D eigenvalue weighted by atomic mass is 32.2. The van der Waals surface area contributed by atoms with Crippen LogP contribution in [0.4, 0.5) is 17.5 Å². The minimum absolute atomic E-state index is 0.332. The lowest BCUT2D eigenvalue weighted by Crippen LogP contribution is -2.50. The summed E-state index contributed by atoms with van der Waals surface area (Å²) in [6.45, 7) is 9.86. The number of aromatic nitrogens is 2. The standard InChI is InChI=1S/C32H40N6OS/c1-25-9-3-2-8-14-38(30-13-7-5-10-27(25)30)24-26(39)23-35-15-17-37(18-16-35)32-33-29-12-6-4-11-28(29)31(34-32)36-19-21-40-22-20-36/h2-13,25-26,39H,14-24H2,1H3/b8-2-,9-3-. The van der Waals surface area contributed by atoms with Crippen molar-refractivity contribution >= 4 is 40.1 Å². The van der Waals surface area contributed by atoms with Crippen molar-refractivity contribution in [2.45, 2.75) is 18.9 Å². The average Bonchev–Trinajstić information content (AvgIpc) is 3.07. The van der Waals surface area contributed by atoms with Crippen molar-refractivity contribution in [3.8, 4) is 0 Å². The third-order valence-electron chi connectivity index (χ3n) is 8.18. The van der Waals surface area contributed by atoms with Gasteiger partial charge < -0.3 is 19.8 Å². The highest BCUT2D eigenvalue weighted by Crippen LogP contribution is 2.30. The van der Waals surface area contributed by atoms with Crippen LogP contribution in [0.25, 0.3) is 10.9 Å². The van der Waals surface area contributed by atoms with Crippen molar-refractivity contribution in [1.29, 1.82) is 0 Å². The molecule has 0 aliphatic carbocycles. The molecule has 210 valence electrons. The van der Waals surface area contributed by atoms with E-state index in [4.69, 9.17) is 9.97 Å². The third-order valence-corrected chi connectivity index (χ3v) is 9.12. The zero-order chi connectivity index (χ0) is 27.3. The van der Waals surface area contributed by atoms with Crippen LogP contribution in [0.3, 0.4) is 0 Å². The van der Waals surface area contributed by atoms with Crippen molar-refractivity contribution in [3.63, 3.8) is 0 Å². The number of hydrogen-bond donors (Lipinski definition) is 1. The first-order valence-corrected chi connectivity index (χ1v) is 15.7. The van der Waals surface area contributed by atoms with E-state index in [-0.39, 0.29) is 0 Å². The van der Waals surface area contributed by atoms with Crippen LogP contribution in [0.1, 0.15) is 18.4 Å². The first-order chi connectivity index (χ1) is 19.7. The molecule has 1 aromatic heterocycles. The summed E-state index contributed by atoms with van der Waals surface area (Å²) in [6.07, 6.45) is 8.23. The SMILES string of the molecule is CC1/C=C\C=C/CN(CC(O)CN2CCN(c3nc(N4CCSCC4)c4ccccc4n3)CC2)c2ccccc21. The van der Waals surface area contributed by atoms with Gasteiger partial charge in [0.25, 0.3) is 0 Å². The van der Waals surface area contributed by atoms with Gasteiger partial charge in [-0.05, 0) is 23.8 Å². The monoisotopic (exact) mass is 556 g/mol. The quantitative estimate of drug-likeness (QED) is 0.480. The van der Waals surface area contributed by atoms with Gasteiger partial charge in [-0.3, -0.25) is 4.90 Å². The zero-order valence-corrected chi connectivity index (χ0v) is 24.2. The largest absolute Gasteiger partial charge is 0.390 e. The molecule has 2 unspecified atom stereocenters. The highest BCUT2D eigenvalue weighted by molar-refractivity contribution is 7.99. The van der Waals surface area contributed by atoms with E-state index in [1.54, 1.807) is 0 Å². The summed E-state index contributed by atoms with van der Waals surface area (Å²) in [5.41, 5.74) is 3.54. The Morgan fingerprint density at radius 2 is 1.65 bits per heavy atom. The maximum atomic E-state index is 11.2. The van der Waals surface area contributed by atoms with Crippen LogP contribution < -0.4 is 14.7 Å². The smallest absolute Gasteiger partial charge is 0.227 e. The number of rotatable bonds is 6. The fraction of sp³-hybridized carbons (Fsp3) is 0.438. The summed E-state index contributed by atoms with van der Waals surface area (Å²) in [4.78, 5) is 19.5. The topological polar surface area (TPSA) is 59.0 Å². The Morgan fingerprint density at radius 1 is 0.875 bits per heavy atom. The second-order valence-electron chi connectivity index (χ2n) is 11.0. The van der Waals surface area contributed by atoms with Gasteiger partial charge in [0.2, 0.25) is 5.95 Å². The first kappa shape index (κ1) is 27.1. The van der Waals surface area contributed by atoms with E-state index < -0.39 is 6.10 Å². The van der Waals surface area contributed by atoms with E-state index in [9.17, 15) is 5.11 Å². The molecule has 0 saturated carbocycles. The van der Waals surface area contributed by atoms with Crippen LogP contribution in [-0.4, -0.2) is 96.5 Å². The van der Waals surface area contributed by atoms with E-state index in [1.807, 2.05) is 11.8 Å². The number of fused-ring (bicyclic) bond motifs is 2. The van der Waals surface area contributed by atoms with Gasteiger partial charge in [-0.2, -0.15) is 16.7 Å². The molecule has 8 heteroatoms. The fourth-order valence-electron chi connectivity index (χ4n) is 5.98. The summed E-state index contributed by atoms with van der Waals surface area (Å²) in [5.74, 6) is 4.52. The number of β-amino-alcohol motifs (C(OH)–C–C–N with tert-alkyl or cyclic N) is 1. The van der Waals surface area contributed by atoms with Gasteiger partial charge >= 0.3 is 0 Å². The molecule has 2 fully saturated rings. The summed E-state index contributed by atoms with van der Waals surface area (Å²) in [5, 5.41) is 12.3. The Bertz CT molecular complexity index is 1350. The highest BCUT2D eigenvalue weighted by Gasteiger charge is 2.25. The van der Waals surface area contributed by atoms with E-state index in [1.165, 1.54) is 11.3 Å². The maximum absolute atomic E-state index is 11.2. The number of allylic oxidation sites excluding steroid dienone is 3. The van der Waals surface area contributed by atoms with Gasteiger partial charge in [0.15, 0.2) is 0 Å². The Hall–Kier alpha value is -3.07. The minimum Gasteiger partial charge on any atom is -0.390 e. The molecule has 0 amide bonds. The Kier molecular flexibility index (Phi) is 8.56. The number of para-hydroxylation sites is 2.